The molecule has 1 aromatic heterocycles. The molecule has 1 heterocycles. The van der Waals surface area contributed by atoms with Crippen molar-refractivity contribution in [1.82, 2.24) is 20.2 Å². The van der Waals surface area contributed by atoms with Crippen LogP contribution in [0.1, 0.15) is 24.2 Å². The van der Waals surface area contributed by atoms with Gasteiger partial charge in [-0.3, -0.25) is 14.2 Å². The number of hydrogen-bond donors (Lipinski definition) is 3. The molecule has 0 radical (unpaired) electrons. The minimum Gasteiger partial charge on any atom is -0.497 e. The third kappa shape index (κ3) is 5.11. The zero-order valence-electron chi connectivity index (χ0n) is 18.6. The third-order valence-electron chi connectivity index (χ3n) is 5.17. The third-order valence-corrected chi connectivity index (χ3v) is 5.17. The lowest BCUT2D eigenvalue weighted by molar-refractivity contribution is -0.123. The molecule has 0 saturated heterocycles. The van der Waals surface area contributed by atoms with E-state index >= 15 is 0 Å². The fraction of sp³-hybridized carbons (Fsp3) is 0.348. The van der Waals surface area contributed by atoms with Crippen molar-refractivity contribution in [2.24, 2.45) is 5.92 Å². The van der Waals surface area contributed by atoms with E-state index in [1.807, 2.05) is 38.1 Å². The lowest BCUT2D eigenvalue weighted by atomic mass is 10.0. The maximum absolute atomic E-state index is 12.8. The summed E-state index contributed by atoms with van der Waals surface area (Å²) in [6.45, 7) is 4.24. The number of methoxy groups -OCH3 is 2. The summed E-state index contributed by atoms with van der Waals surface area (Å²) in [5, 5.41) is 5.60. The topological polar surface area (TPSA) is 114 Å². The van der Waals surface area contributed by atoms with Gasteiger partial charge in [-0.05, 0) is 30.2 Å². The second-order valence-corrected chi connectivity index (χ2v) is 7.69. The molecule has 2 aromatic carbocycles. The molecule has 0 spiro atoms. The summed E-state index contributed by atoms with van der Waals surface area (Å²) in [4.78, 5) is 40.6. The first-order chi connectivity index (χ1) is 15.3. The second kappa shape index (κ2) is 10.0. The molecular weight excluding hydrogens is 412 g/mol. The van der Waals surface area contributed by atoms with Gasteiger partial charge in [0.25, 0.3) is 5.91 Å². The monoisotopic (exact) mass is 440 g/mol. The van der Waals surface area contributed by atoms with Crippen LogP contribution in [0.25, 0.3) is 11.0 Å². The molecule has 0 saturated carbocycles. The smallest absolute Gasteiger partial charge is 0.326 e. The molecule has 0 aliphatic rings. The Bertz CT molecular complexity index is 1140. The second-order valence-electron chi connectivity index (χ2n) is 7.69. The summed E-state index contributed by atoms with van der Waals surface area (Å²) < 4.78 is 12.0. The van der Waals surface area contributed by atoms with Gasteiger partial charge in [-0.2, -0.15) is 0 Å². The number of amides is 2. The molecule has 0 aliphatic heterocycles. The van der Waals surface area contributed by atoms with E-state index in [1.165, 1.54) is 14.2 Å². The molecule has 1 atom stereocenters. The van der Waals surface area contributed by atoms with Crippen LogP contribution in [-0.2, 0) is 11.3 Å². The molecule has 0 bridgehead atoms. The van der Waals surface area contributed by atoms with Gasteiger partial charge in [-0.25, -0.2) is 4.79 Å². The summed E-state index contributed by atoms with van der Waals surface area (Å²) in [6, 6.07) is 11.4. The number of benzene rings is 2. The Labute approximate surface area is 185 Å². The van der Waals surface area contributed by atoms with Crippen molar-refractivity contribution in [3.05, 3.63) is 58.5 Å². The van der Waals surface area contributed by atoms with Gasteiger partial charge in [0.05, 0.1) is 25.3 Å². The van der Waals surface area contributed by atoms with Gasteiger partial charge in [-0.15, -0.1) is 0 Å². The normalized spacial score (nSPS) is 11.9. The average molecular weight is 441 g/mol. The number of nitrogens with zero attached hydrogens (tertiary/aromatic N) is 1. The summed E-state index contributed by atoms with van der Waals surface area (Å²) in [6.07, 6.45) is 0. The Kier molecular flexibility index (Phi) is 7.19. The van der Waals surface area contributed by atoms with E-state index < -0.39 is 11.9 Å². The predicted octanol–water partition coefficient (Wildman–Crippen LogP) is 1.92. The van der Waals surface area contributed by atoms with E-state index in [-0.39, 0.29) is 24.1 Å². The van der Waals surface area contributed by atoms with Crippen molar-refractivity contribution in [1.29, 1.82) is 0 Å². The highest BCUT2D eigenvalue weighted by atomic mass is 16.5. The molecule has 3 aromatic rings. The number of aromatic nitrogens is 2. The summed E-state index contributed by atoms with van der Waals surface area (Å²) in [5.41, 5.74) is 1.60. The minimum absolute atomic E-state index is 0.151. The summed E-state index contributed by atoms with van der Waals surface area (Å²) in [7, 11) is 3.00. The molecule has 1 unspecified atom stereocenters. The Morgan fingerprint density at radius 1 is 1.06 bits per heavy atom. The molecule has 32 heavy (non-hydrogen) atoms. The zero-order chi connectivity index (χ0) is 23.3. The van der Waals surface area contributed by atoms with Gasteiger partial charge < -0.3 is 25.1 Å². The van der Waals surface area contributed by atoms with Crippen LogP contribution in [0.4, 0.5) is 0 Å². The van der Waals surface area contributed by atoms with Crippen molar-refractivity contribution in [2.75, 3.05) is 20.8 Å². The first kappa shape index (κ1) is 22.9. The number of fused-ring (bicyclic) bond motifs is 1. The number of H-pyrrole nitrogens is 1. The van der Waals surface area contributed by atoms with Crippen LogP contribution < -0.4 is 25.8 Å². The largest absolute Gasteiger partial charge is 0.497 e. The number of para-hydroxylation sites is 2. The molecule has 170 valence electrons. The highest BCUT2D eigenvalue weighted by molar-refractivity contribution is 5.98. The van der Waals surface area contributed by atoms with E-state index in [9.17, 15) is 14.4 Å². The van der Waals surface area contributed by atoms with Crippen LogP contribution in [-0.4, -0.2) is 48.2 Å². The number of aromatic amines is 1. The minimum atomic E-state index is -0.751. The van der Waals surface area contributed by atoms with Crippen molar-refractivity contribution in [3.8, 4) is 11.5 Å². The van der Waals surface area contributed by atoms with Crippen LogP contribution >= 0.6 is 0 Å². The van der Waals surface area contributed by atoms with Gasteiger partial charge in [0.1, 0.15) is 17.5 Å². The number of nitrogens with one attached hydrogen (secondary N) is 3. The highest BCUT2D eigenvalue weighted by Gasteiger charge is 2.25. The quantitative estimate of drug-likeness (QED) is 0.470. The molecular formula is C23H28N4O5. The van der Waals surface area contributed by atoms with E-state index in [0.717, 1.165) is 11.0 Å². The number of carbonyl (C=O) groups is 2. The maximum Gasteiger partial charge on any atom is 0.326 e. The average Bonchev–Trinajstić information content (AvgIpc) is 3.11. The van der Waals surface area contributed by atoms with Crippen LogP contribution in [0.3, 0.4) is 0 Å². The number of imidazole rings is 1. The molecule has 9 nitrogen and oxygen atoms in total. The van der Waals surface area contributed by atoms with E-state index in [4.69, 9.17) is 9.47 Å². The first-order valence-corrected chi connectivity index (χ1v) is 10.3. The standard InChI is InChI=1S/C23H28N4O5/c1-14(2)20(26-21(28)15-11-16(31-3)13-17(12-15)32-4)22(29)24-9-10-27-19-8-6-5-7-18(19)25-23(27)30/h5-8,11-14,20H,9-10H2,1-4H3,(H,24,29)(H,25,30)(H,26,28). The molecule has 9 heteroatoms. The van der Waals surface area contributed by atoms with E-state index in [2.05, 4.69) is 15.6 Å². The van der Waals surface area contributed by atoms with Crippen molar-refractivity contribution >= 4 is 22.8 Å². The maximum atomic E-state index is 12.8. The van der Waals surface area contributed by atoms with Crippen molar-refractivity contribution in [3.63, 3.8) is 0 Å². The van der Waals surface area contributed by atoms with Crippen LogP contribution in [0.5, 0.6) is 11.5 Å². The van der Waals surface area contributed by atoms with Crippen molar-refractivity contribution < 1.29 is 19.1 Å². The highest BCUT2D eigenvalue weighted by Crippen LogP contribution is 2.22. The van der Waals surface area contributed by atoms with Gasteiger partial charge in [0, 0.05) is 24.7 Å². The Morgan fingerprint density at radius 2 is 1.72 bits per heavy atom. The van der Waals surface area contributed by atoms with E-state index in [0.29, 0.717) is 23.6 Å². The van der Waals surface area contributed by atoms with Crippen LogP contribution in [0, 0.1) is 5.92 Å². The van der Waals surface area contributed by atoms with Gasteiger partial charge >= 0.3 is 5.69 Å². The number of rotatable bonds is 9. The Hall–Kier alpha value is -3.75. The van der Waals surface area contributed by atoms with Gasteiger partial charge in [0.2, 0.25) is 5.91 Å². The molecule has 0 fully saturated rings. The lowest BCUT2D eigenvalue weighted by Crippen LogP contribution is -2.50. The molecule has 2 amide bonds. The fourth-order valence-electron chi connectivity index (χ4n) is 3.43. The van der Waals surface area contributed by atoms with Crippen molar-refractivity contribution in [2.45, 2.75) is 26.4 Å². The molecule has 3 rings (SSSR count). The van der Waals surface area contributed by atoms with Gasteiger partial charge in [-0.1, -0.05) is 26.0 Å². The first-order valence-electron chi connectivity index (χ1n) is 10.3. The summed E-state index contributed by atoms with van der Waals surface area (Å²) >= 11 is 0. The van der Waals surface area contributed by atoms with E-state index in [1.54, 1.807) is 22.8 Å². The Balaban J connectivity index is 1.66. The molecule has 0 aliphatic carbocycles. The fourth-order valence-corrected chi connectivity index (χ4v) is 3.43. The number of ether oxygens (including phenoxy) is 2. The summed E-state index contributed by atoms with van der Waals surface area (Å²) in [5.74, 6) is 0.0655. The molecule has 3 N–H and O–H groups in total. The predicted molar refractivity (Wildman–Crippen MR) is 121 cm³/mol. The number of hydrogen-bond acceptors (Lipinski definition) is 5. The van der Waals surface area contributed by atoms with Gasteiger partial charge in [0.15, 0.2) is 0 Å². The zero-order valence-corrected chi connectivity index (χ0v) is 18.6. The lowest BCUT2D eigenvalue weighted by Gasteiger charge is -2.22. The van der Waals surface area contributed by atoms with Crippen LogP contribution in [0.2, 0.25) is 0 Å². The van der Waals surface area contributed by atoms with Crippen LogP contribution in [0.15, 0.2) is 47.3 Å². The Morgan fingerprint density at radius 3 is 2.34 bits per heavy atom. The SMILES string of the molecule is COc1cc(OC)cc(C(=O)NC(C(=O)NCCn2c(=O)[nH]c3ccccc32)C(C)C)c1. The number of carbonyl (C=O) groups excluding carboxylic acids is 2.